The Balaban J connectivity index is 3.86. The van der Waals surface area contributed by atoms with Crippen molar-refractivity contribution in [3.63, 3.8) is 0 Å². The van der Waals surface area contributed by atoms with Gasteiger partial charge in [0.2, 0.25) is 0 Å². The van der Waals surface area contributed by atoms with E-state index < -0.39 is 0 Å². The van der Waals surface area contributed by atoms with Crippen molar-refractivity contribution in [1.29, 1.82) is 0 Å². The number of ketones is 1. The monoisotopic (exact) mass is 166 g/mol. The highest BCUT2D eigenvalue weighted by molar-refractivity contribution is 5.88. The normalized spacial score (nSPS) is 10.4. The fourth-order valence-corrected chi connectivity index (χ4v) is 0.710. The van der Waals surface area contributed by atoms with Gasteiger partial charge >= 0.3 is 0 Å². The number of rotatable bonds is 3. The van der Waals surface area contributed by atoms with Crippen molar-refractivity contribution in [3.8, 4) is 11.8 Å². The minimum Gasteiger partial charge on any atom is -0.396 e. The molecular formula is C10H14O2. The number of hydrogen-bond acceptors (Lipinski definition) is 2. The average Bonchev–Trinajstić information content (AvgIpc) is 1.97. The van der Waals surface area contributed by atoms with Crippen LogP contribution in [0.2, 0.25) is 0 Å². The number of allylic oxidation sites excluding steroid dienone is 2. The summed E-state index contributed by atoms with van der Waals surface area (Å²) in [6.45, 7) is 3.47. The summed E-state index contributed by atoms with van der Waals surface area (Å²) in [6, 6.07) is 0. The molecule has 0 spiro atoms. The van der Waals surface area contributed by atoms with Crippen molar-refractivity contribution < 1.29 is 9.90 Å². The van der Waals surface area contributed by atoms with Gasteiger partial charge < -0.3 is 5.11 Å². The highest BCUT2D eigenvalue weighted by Gasteiger charge is 1.85. The van der Waals surface area contributed by atoms with Crippen LogP contribution >= 0.6 is 0 Å². The Bertz CT molecular complexity index is 228. The molecule has 0 aliphatic carbocycles. The van der Waals surface area contributed by atoms with Crippen LogP contribution in [0.5, 0.6) is 0 Å². The first-order valence-electron chi connectivity index (χ1n) is 3.95. The molecule has 0 aromatic rings. The maximum Gasteiger partial charge on any atom is 0.153 e. The van der Waals surface area contributed by atoms with Gasteiger partial charge in [0.15, 0.2) is 5.78 Å². The predicted octanol–water partition coefficient (Wildman–Crippen LogP) is 1.30. The maximum absolute atomic E-state index is 10.6. The summed E-state index contributed by atoms with van der Waals surface area (Å²) in [5.74, 6) is 5.71. The van der Waals surface area contributed by atoms with Crippen LogP contribution in [-0.4, -0.2) is 17.5 Å². The summed E-state index contributed by atoms with van der Waals surface area (Å²) in [6.07, 6.45) is 2.88. The van der Waals surface area contributed by atoms with Gasteiger partial charge in [0.1, 0.15) is 0 Å². The molecule has 0 amide bonds. The fourth-order valence-electron chi connectivity index (χ4n) is 0.710. The summed E-state index contributed by atoms with van der Waals surface area (Å²) < 4.78 is 0. The number of aliphatic hydroxyl groups excluding tert-OH is 1. The van der Waals surface area contributed by atoms with Crippen molar-refractivity contribution in [2.45, 2.75) is 26.7 Å². The van der Waals surface area contributed by atoms with Crippen LogP contribution < -0.4 is 0 Å². The molecule has 12 heavy (non-hydrogen) atoms. The Kier molecular flexibility index (Phi) is 6.04. The van der Waals surface area contributed by atoms with Gasteiger partial charge in [0, 0.05) is 18.6 Å². The Morgan fingerprint density at radius 3 is 2.67 bits per heavy atom. The fraction of sp³-hybridized carbons (Fsp3) is 0.500. The zero-order valence-corrected chi connectivity index (χ0v) is 7.55. The quantitative estimate of drug-likeness (QED) is 0.390. The zero-order chi connectivity index (χ0) is 9.40. The summed E-state index contributed by atoms with van der Waals surface area (Å²) in [5, 5.41) is 8.44. The number of aliphatic hydroxyl groups is 1. The first kappa shape index (κ1) is 10.9. The van der Waals surface area contributed by atoms with E-state index in [0.29, 0.717) is 12.8 Å². The van der Waals surface area contributed by atoms with Gasteiger partial charge in [-0.2, -0.15) is 0 Å². The van der Waals surface area contributed by atoms with Crippen LogP contribution in [0.4, 0.5) is 0 Å². The zero-order valence-electron chi connectivity index (χ0n) is 7.55. The lowest BCUT2D eigenvalue weighted by Crippen LogP contribution is -1.83. The van der Waals surface area contributed by atoms with Gasteiger partial charge in [-0.15, -0.1) is 0 Å². The van der Waals surface area contributed by atoms with Gasteiger partial charge in [-0.05, 0) is 26.3 Å². The molecule has 0 heterocycles. The average molecular weight is 166 g/mol. The molecule has 2 heteroatoms. The van der Waals surface area contributed by atoms with E-state index in [1.165, 1.54) is 13.0 Å². The van der Waals surface area contributed by atoms with Crippen molar-refractivity contribution in [2.75, 3.05) is 6.61 Å². The lowest BCUT2D eigenvalue weighted by atomic mass is 10.2. The molecule has 0 unspecified atom stereocenters. The summed E-state index contributed by atoms with van der Waals surface area (Å²) >= 11 is 0. The van der Waals surface area contributed by atoms with Crippen molar-refractivity contribution in [1.82, 2.24) is 0 Å². The van der Waals surface area contributed by atoms with E-state index in [4.69, 9.17) is 5.11 Å². The molecule has 0 rings (SSSR count). The maximum atomic E-state index is 10.6. The second kappa shape index (κ2) is 6.63. The minimum atomic E-state index is 0.0176. The van der Waals surface area contributed by atoms with E-state index in [1.807, 2.05) is 0 Å². The number of carbonyl (C=O) groups excluding carboxylic acids is 1. The Morgan fingerprint density at radius 2 is 2.17 bits per heavy atom. The third-order valence-corrected chi connectivity index (χ3v) is 1.17. The summed E-state index contributed by atoms with van der Waals surface area (Å²) in [7, 11) is 0. The molecule has 0 fully saturated rings. The molecule has 0 radical (unpaired) electrons. The molecule has 0 aliphatic rings. The van der Waals surface area contributed by atoms with Crippen LogP contribution in [0.1, 0.15) is 26.7 Å². The molecule has 0 aromatic carbocycles. The standard InChI is InChI=1S/C10H14O2/c1-9(8-10(2)12)6-4-3-5-7-11/h8,11H,3,5,7H2,1-2H3/b9-8-. The SMILES string of the molecule is CC(=O)/C=C(/C)C#CCCCO. The van der Waals surface area contributed by atoms with E-state index in [1.54, 1.807) is 6.92 Å². The third kappa shape index (κ3) is 7.04. The van der Waals surface area contributed by atoms with Crippen LogP contribution in [0.3, 0.4) is 0 Å². The number of carbonyl (C=O) groups is 1. The highest BCUT2D eigenvalue weighted by Crippen LogP contribution is 1.91. The number of unbranched alkanes of at least 4 members (excludes halogenated alkanes) is 1. The molecule has 0 saturated heterocycles. The molecule has 1 N–H and O–H groups in total. The van der Waals surface area contributed by atoms with E-state index in [0.717, 1.165) is 5.57 Å². The third-order valence-electron chi connectivity index (χ3n) is 1.17. The van der Waals surface area contributed by atoms with Crippen LogP contribution in [0.25, 0.3) is 0 Å². The van der Waals surface area contributed by atoms with Crippen molar-refractivity contribution in [2.24, 2.45) is 0 Å². The second-order valence-electron chi connectivity index (χ2n) is 2.57. The van der Waals surface area contributed by atoms with Gasteiger partial charge in [-0.1, -0.05) is 11.8 Å². The lowest BCUT2D eigenvalue weighted by molar-refractivity contribution is -0.112. The van der Waals surface area contributed by atoms with Gasteiger partial charge in [-0.25, -0.2) is 0 Å². The van der Waals surface area contributed by atoms with E-state index in [9.17, 15) is 4.79 Å². The minimum absolute atomic E-state index is 0.0176. The topological polar surface area (TPSA) is 37.3 Å². The van der Waals surface area contributed by atoms with Crippen molar-refractivity contribution >= 4 is 5.78 Å². The van der Waals surface area contributed by atoms with Gasteiger partial charge in [0.25, 0.3) is 0 Å². The molecule has 66 valence electrons. The Morgan fingerprint density at radius 1 is 1.50 bits per heavy atom. The number of hydrogen-bond donors (Lipinski definition) is 1. The Hall–Kier alpha value is -1.07. The smallest absolute Gasteiger partial charge is 0.153 e. The molecule has 2 nitrogen and oxygen atoms in total. The van der Waals surface area contributed by atoms with Gasteiger partial charge in [-0.3, -0.25) is 4.79 Å². The molecule has 0 aromatic heterocycles. The van der Waals surface area contributed by atoms with Crippen LogP contribution in [0.15, 0.2) is 11.6 Å². The molecular weight excluding hydrogens is 152 g/mol. The molecule has 0 bridgehead atoms. The first-order chi connectivity index (χ1) is 5.66. The largest absolute Gasteiger partial charge is 0.396 e. The summed E-state index contributed by atoms with van der Waals surface area (Å²) in [4.78, 5) is 10.6. The van der Waals surface area contributed by atoms with E-state index >= 15 is 0 Å². The Labute approximate surface area is 73.3 Å². The van der Waals surface area contributed by atoms with Crippen LogP contribution in [-0.2, 0) is 4.79 Å². The van der Waals surface area contributed by atoms with Crippen LogP contribution in [0, 0.1) is 11.8 Å². The lowest BCUT2D eigenvalue weighted by Gasteiger charge is -1.86. The second-order valence-corrected chi connectivity index (χ2v) is 2.57. The molecule has 0 saturated carbocycles. The van der Waals surface area contributed by atoms with Crippen molar-refractivity contribution in [3.05, 3.63) is 11.6 Å². The van der Waals surface area contributed by atoms with E-state index in [2.05, 4.69) is 11.8 Å². The molecule has 0 atom stereocenters. The highest BCUT2D eigenvalue weighted by atomic mass is 16.2. The molecule has 0 aliphatic heterocycles. The first-order valence-corrected chi connectivity index (χ1v) is 3.95. The predicted molar refractivity (Wildman–Crippen MR) is 48.5 cm³/mol. The summed E-state index contributed by atoms with van der Waals surface area (Å²) in [5.41, 5.74) is 0.778. The van der Waals surface area contributed by atoms with E-state index in [-0.39, 0.29) is 12.4 Å². The van der Waals surface area contributed by atoms with Gasteiger partial charge in [0.05, 0.1) is 0 Å².